The van der Waals surface area contributed by atoms with Gasteiger partial charge in [0, 0.05) is 15.6 Å². The van der Waals surface area contributed by atoms with Crippen molar-refractivity contribution in [2.75, 3.05) is 0 Å². The Morgan fingerprint density at radius 1 is 1.29 bits per heavy atom. The van der Waals surface area contributed by atoms with E-state index in [1.165, 1.54) is 0 Å². The Labute approximate surface area is 99.4 Å². The molecule has 3 N–H and O–H groups in total. The van der Waals surface area contributed by atoms with Crippen molar-refractivity contribution in [3.63, 3.8) is 0 Å². The van der Waals surface area contributed by atoms with Crippen LogP contribution < -0.4 is 5.73 Å². The maximum absolute atomic E-state index is 9.28. The van der Waals surface area contributed by atoms with Gasteiger partial charge in [0.25, 0.3) is 0 Å². The molecule has 0 saturated carbocycles. The Balaban J connectivity index is 0.00000169. The first-order chi connectivity index (χ1) is 6.04. The number of benzene rings is 1. The average Bonchev–Trinajstić information content (AvgIpc) is 2.03. The molecule has 2 nitrogen and oxygen atoms in total. The second-order valence-electron chi connectivity index (χ2n) is 2.90. The molecule has 0 fully saturated rings. The lowest BCUT2D eigenvalue weighted by molar-refractivity contribution is 0.164. The number of aliphatic hydroxyl groups excluding tert-OH is 1. The Hall–Kier alpha value is 0.01000. The van der Waals surface area contributed by atoms with Crippen molar-refractivity contribution < 1.29 is 5.11 Å². The number of hydrogen-bond donors (Lipinski definition) is 2. The maximum atomic E-state index is 9.28. The summed E-state index contributed by atoms with van der Waals surface area (Å²) < 4.78 is 0. The molecule has 0 radical (unpaired) electrons. The van der Waals surface area contributed by atoms with E-state index >= 15 is 0 Å². The van der Waals surface area contributed by atoms with Crippen LogP contribution in [0.2, 0.25) is 10.0 Å². The Morgan fingerprint density at radius 3 is 2.07 bits per heavy atom. The summed E-state index contributed by atoms with van der Waals surface area (Å²) in [7, 11) is 0. The maximum Gasteiger partial charge on any atom is 0.0705 e. The van der Waals surface area contributed by atoms with E-state index in [1.54, 1.807) is 25.1 Å². The summed E-state index contributed by atoms with van der Waals surface area (Å²) in [4.78, 5) is 0. The number of hydrogen-bond acceptors (Lipinski definition) is 2. The fraction of sp³-hybridized carbons (Fsp3) is 0.333. The summed E-state index contributed by atoms with van der Waals surface area (Å²) in [6.07, 6.45) is -0.669. The van der Waals surface area contributed by atoms with Gasteiger partial charge in [-0.1, -0.05) is 29.3 Å². The molecule has 0 aliphatic heterocycles. The average molecular weight is 257 g/mol. The van der Waals surface area contributed by atoms with Gasteiger partial charge in [0.2, 0.25) is 0 Å². The molecule has 1 rings (SSSR count). The van der Waals surface area contributed by atoms with E-state index in [4.69, 9.17) is 28.9 Å². The van der Waals surface area contributed by atoms with Crippen LogP contribution in [0.4, 0.5) is 0 Å². The van der Waals surface area contributed by atoms with Crippen LogP contribution in [0.3, 0.4) is 0 Å². The molecule has 0 aliphatic rings. The predicted molar refractivity (Wildman–Crippen MR) is 62.3 cm³/mol. The molecule has 0 unspecified atom stereocenters. The normalized spacial score (nSPS) is 14.4. The standard InChI is InChI=1S/C9H11Cl2NO.ClH/c1-5(13)9(12)8-6(10)3-2-4-7(8)11;/h2-5,9,13H,12H2,1H3;1H/t5-,9-;/m1./s1. The van der Waals surface area contributed by atoms with Crippen LogP contribution in [0.15, 0.2) is 18.2 Å². The molecular formula is C9H12Cl3NO. The minimum atomic E-state index is -0.669. The van der Waals surface area contributed by atoms with E-state index in [-0.39, 0.29) is 12.4 Å². The highest BCUT2D eigenvalue weighted by molar-refractivity contribution is 6.36. The van der Waals surface area contributed by atoms with Gasteiger partial charge in [-0.2, -0.15) is 0 Å². The van der Waals surface area contributed by atoms with Gasteiger partial charge >= 0.3 is 0 Å². The second-order valence-corrected chi connectivity index (χ2v) is 3.72. The molecule has 1 aromatic carbocycles. The molecule has 0 spiro atoms. The van der Waals surface area contributed by atoms with E-state index in [9.17, 15) is 5.11 Å². The first-order valence-corrected chi connectivity index (χ1v) is 4.67. The van der Waals surface area contributed by atoms with Crippen LogP contribution in [-0.4, -0.2) is 11.2 Å². The van der Waals surface area contributed by atoms with Crippen LogP contribution in [0.1, 0.15) is 18.5 Å². The van der Waals surface area contributed by atoms with Crippen molar-refractivity contribution >= 4 is 35.6 Å². The summed E-state index contributed by atoms with van der Waals surface area (Å²) in [5.41, 5.74) is 6.32. The van der Waals surface area contributed by atoms with E-state index in [2.05, 4.69) is 0 Å². The smallest absolute Gasteiger partial charge is 0.0705 e. The highest BCUT2D eigenvalue weighted by Crippen LogP contribution is 2.30. The van der Waals surface area contributed by atoms with Crippen LogP contribution in [0.25, 0.3) is 0 Å². The summed E-state index contributed by atoms with van der Waals surface area (Å²) in [6.45, 7) is 1.60. The topological polar surface area (TPSA) is 46.2 Å². The molecule has 80 valence electrons. The zero-order valence-corrected chi connectivity index (χ0v) is 9.90. The van der Waals surface area contributed by atoms with Crippen molar-refractivity contribution in [1.29, 1.82) is 0 Å². The second kappa shape index (κ2) is 5.79. The molecular weight excluding hydrogens is 244 g/mol. The van der Waals surface area contributed by atoms with E-state index < -0.39 is 12.1 Å². The first kappa shape index (κ1) is 14.0. The third kappa shape index (κ3) is 3.01. The number of aliphatic hydroxyl groups is 1. The molecule has 0 amide bonds. The van der Waals surface area contributed by atoms with Gasteiger partial charge in [0.15, 0.2) is 0 Å². The van der Waals surface area contributed by atoms with Crippen LogP contribution in [0, 0.1) is 0 Å². The van der Waals surface area contributed by atoms with Crippen LogP contribution in [0.5, 0.6) is 0 Å². The molecule has 0 aliphatic carbocycles. The van der Waals surface area contributed by atoms with Gasteiger partial charge in [-0.15, -0.1) is 12.4 Å². The summed E-state index contributed by atoms with van der Waals surface area (Å²) in [6, 6.07) is 4.60. The summed E-state index contributed by atoms with van der Waals surface area (Å²) in [5, 5.41) is 10.3. The Bertz CT molecular complexity index is 284. The molecule has 0 heterocycles. The molecule has 0 bridgehead atoms. The lowest BCUT2D eigenvalue weighted by atomic mass is 10.0. The zero-order valence-electron chi connectivity index (χ0n) is 7.58. The van der Waals surface area contributed by atoms with Gasteiger partial charge < -0.3 is 10.8 Å². The molecule has 2 atom stereocenters. The number of halogens is 3. The number of rotatable bonds is 2. The zero-order chi connectivity index (χ0) is 10.0. The van der Waals surface area contributed by atoms with Crippen molar-refractivity contribution in [2.45, 2.75) is 19.1 Å². The minimum absolute atomic E-state index is 0. The van der Waals surface area contributed by atoms with Crippen LogP contribution in [-0.2, 0) is 0 Å². The van der Waals surface area contributed by atoms with Crippen molar-refractivity contribution in [2.24, 2.45) is 5.73 Å². The van der Waals surface area contributed by atoms with E-state index in [0.29, 0.717) is 15.6 Å². The van der Waals surface area contributed by atoms with Crippen LogP contribution >= 0.6 is 35.6 Å². The minimum Gasteiger partial charge on any atom is -0.391 e. The quantitative estimate of drug-likeness (QED) is 0.855. The SMILES string of the molecule is C[C@@H](O)[C@@H](N)c1c(Cl)cccc1Cl.Cl. The predicted octanol–water partition coefficient (Wildman–Crippen LogP) is 2.80. The van der Waals surface area contributed by atoms with E-state index in [0.717, 1.165) is 0 Å². The lowest BCUT2D eigenvalue weighted by Gasteiger charge is -2.17. The largest absolute Gasteiger partial charge is 0.391 e. The molecule has 1 aromatic rings. The molecule has 14 heavy (non-hydrogen) atoms. The van der Waals surface area contributed by atoms with Gasteiger partial charge in [-0.3, -0.25) is 0 Å². The fourth-order valence-electron chi connectivity index (χ4n) is 1.07. The van der Waals surface area contributed by atoms with Gasteiger partial charge in [0.1, 0.15) is 0 Å². The lowest BCUT2D eigenvalue weighted by Crippen LogP contribution is -2.23. The third-order valence-corrected chi connectivity index (χ3v) is 2.51. The fourth-order valence-corrected chi connectivity index (χ4v) is 1.72. The van der Waals surface area contributed by atoms with Gasteiger partial charge in [-0.25, -0.2) is 0 Å². The monoisotopic (exact) mass is 255 g/mol. The van der Waals surface area contributed by atoms with Gasteiger partial charge in [0.05, 0.1) is 12.1 Å². The van der Waals surface area contributed by atoms with Gasteiger partial charge in [-0.05, 0) is 19.1 Å². The van der Waals surface area contributed by atoms with Crippen molar-refractivity contribution in [1.82, 2.24) is 0 Å². The van der Waals surface area contributed by atoms with Crippen molar-refractivity contribution in [3.8, 4) is 0 Å². The first-order valence-electron chi connectivity index (χ1n) is 3.91. The van der Waals surface area contributed by atoms with Crippen molar-refractivity contribution in [3.05, 3.63) is 33.8 Å². The molecule has 5 heteroatoms. The number of nitrogens with two attached hydrogens (primary N) is 1. The molecule has 0 aromatic heterocycles. The third-order valence-electron chi connectivity index (χ3n) is 1.85. The highest BCUT2D eigenvalue weighted by atomic mass is 35.5. The Kier molecular flexibility index (Phi) is 5.79. The molecule has 0 saturated heterocycles. The van der Waals surface area contributed by atoms with E-state index in [1.807, 2.05) is 0 Å². The summed E-state index contributed by atoms with van der Waals surface area (Å²) >= 11 is 11.8. The summed E-state index contributed by atoms with van der Waals surface area (Å²) in [5.74, 6) is 0. The highest BCUT2D eigenvalue weighted by Gasteiger charge is 2.17. The Morgan fingerprint density at radius 2 is 1.71 bits per heavy atom.